The maximum Gasteiger partial charge on any atom is 0.273 e. The lowest BCUT2D eigenvalue weighted by Crippen LogP contribution is -2.33. The van der Waals surface area contributed by atoms with E-state index >= 15 is 0 Å². The van der Waals surface area contributed by atoms with Crippen molar-refractivity contribution >= 4 is 11.6 Å². The van der Waals surface area contributed by atoms with Crippen molar-refractivity contribution in [1.29, 1.82) is 0 Å². The molecule has 1 rings (SSSR count). The number of nitrogens with zero attached hydrogens (tertiary/aromatic N) is 2. The number of amides is 1. The van der Waals surface area contributed by atoms with Gasteiger partial charge in [-0.25, -0.2) is 0 Å². The van der Waals surface area contributed by atoms with Crippen molar-refractivity contribution in [3.8, 4) is 0 Å². The smallest absolute Gasteiger partial charge is 0.273 e. The van der Waals surface area contributed by atoms with Crippen LogP contribution in [0.4, 0.5) is 0 Å². The quantitative estimate of drug-likeness (QED) is 0.341. The van der Waals surface area contributed by atoms with Crippen LogP contribution >= 0.6 is 0 Å². The number of oxime groups is 1. The molecule has 1 aromatic carbocycles. The molecular weight excluding hydrogens is 230 g/mol. The second-order valence-corrected chi connectivity index (χ2v) is 4.23. The van der Waals surface area contributed by atoms with Crippen molar-refractivity contribution in [2.75, 3.05) is 27.2 Å². The minimum absolute atomic E-state index is 0.0421. The van der Waals surface area contributed by atoms with E-state index in [1.165, 1.54) is 0 Å². The summed E-state index contributed by atoms with van der Waals surface area (Å²) < 4.78 is 0. The Bertz CT molecular complexity index is 402. The van der Waals surface area contributed by atoms with Crippen molar-refractivity contribution < 1.29 is 10.0 Å². The SMILES string of the molecule is CN(C)CCCNC(=O)/C(=N/O)c1ccccc1. The van der Waals surface area contributed by atoms with Crippen LogP contribution in [-0.2, 0) is 4.79 Å². The van der Waals surface area contributed by atoms with Crippen LogP contribution in [0.3, 0.4) is 0 Å². The molecular formula is C13H19N3O2. The number of hydrogen-bond donors (Lipinski definition) is 2. The second-order valence-electron chi connectivity index (χ2n) is 4.23. The second kappa shape index (κ2) is 7.45. The molecule has 0 fully saturated rings. The van der Waals surface area contributed by atoms with Crippen LogP contribution < -0.4 is 5.32 Å². The summed E-state index contributed by atoms with van der Waals surface area (Å²) in [5, 5.41) is 14.7. The maximum absolute atomic E-state index is 11.8. The topological polar surface area (TPSA) is 64.9 Å². The third kappa shape index (κ3) is 4.55. The van der Waals surface area contributed by atoms with Gasteiger partial charge in [0.2, 0.25) is 0 Å². The zero-order valence-corrected chi connectivity index (χ0v) is 10.8. The van der Waals surface area contributed by atoms with Gasteiger partial charge >= 0.3 is 0 Å². The first-order chi connectivity index (χ1) is 8.65. The van der Waals surface area contributed by atoms with Crippen LogP contribution in [0.5, 0.6) is 0 Å². The highest BCUT2D eigenvalue weighted by Crippen LogP contribution is 2.01. The molecule has 5 nitrogen and oxygen atoms in total. The molecule has 0 aromatic heterocycles. The minimum Gasteiger partial charge on any atom is -0.410 e. The molecule has 0 spiro atoms. The van der Waals surface area contributed by atoms with Gasteiger partial charge in [-0.1, -0.05) is 35.5 Å². The lowest BCUT2D eigenvalue weighted by Gasteiger charge is -2.10. The molecule has 0 radical (unpaired) electrons. The Morgan fingerprint density at radius 2 is 2.00 bits per heavy atom. The lowest BCUT2D eigenvalue weighted by molar-refractivity contribution is -0.114. The van der Waals surface area contributed by atoms with Crippen LogP contribution in [0.25, 0.3) is 0 Å². The van der Waals surface area contributed by atoms with E-state index < -0.39 is 0 Å². The van der Waals surface area contributed by atoms with Gasteiger partial charge in [0.1, 0.15) is 0 Å². The molecule has 0 aliphatic heterocycles. The zero-order chi connectivity index (χ0) is 13.4. The van der Waals surface area contributed by atoms with Crippen molar-refractivity contribution in [2.24, 2.45) is 5.16 Å². The molecule has 1 amide bonds. The van der Waals surface area contributed by atoms with E-state index in [9.17, 15) is 4.79 Å². The third-order valence-electron chi connectivity index (χ3n) is 2.43. The third-order valence-corrected chi connectivity index (χ3v) is 2.43. The van der Waals surface area contributed by atoms with Crippen LogP contribution in [0, 0.1) is 0 Å². The Morgan fingerprint density at radius 3 is 2.56 bits per heavy atom. The van der Waals surface area contributed by atoms with E-state index in [0.717, 1.165) is 13.0 Å². The monoisotopic (exact) mass is 249 g/mol. The molecule has 1 aromatic rings. The van der Waals surface area contributed by atoms with E-state index in [2.05, 4.69) is 10.5 Å². The molecule has 18 heavy (non-hydrogen) atoms. The highest BCUT2D eigenvalue weighted by Gasteiger charge is 2.13. The number of benzene rings is 1. The fourth-order valence-electron chi connectivity index (χ4n) is 1.51. The summed E-state index contributed by atoms with van der Waals surface area (Å²) in [6.07, 6.45) is 0.853. The Hall–Kier alpha value is -1.88. The van der Waals surface area contributed by atoms with Crippen molar-refractivity contribution in [3.63, 3.8) is 0 Å². The number of nitrogens with one attached hydrogen (secondary N) is 1. The number of rotatable bonds is 6. The molecule has 0 aliphatic rings. The van der Waals surface area contributed by atoms with E-state index in [-0.39, 0.29) is 11.6 Å². The Morgan fingerprint density at radius 1 is 1.33 bits per heavy atom. The van der Waals surface area contributed by atoms with E-state index in [1.807, 2.05) is 25.1 Å². The predicted octanol–water partition coefficient (Wildman–Crippen LogP) is 0.933. The lowest BCUT2D eigenvalue weighted by atomic mass is 10.1. The minimum atomic E-state index is -0.359. The van der Waals surface area contributed by atoms with Gasteiger partial charge in [0.05, 0.1) is 0 Å². The largest absolute Gasteiger partial charge is 0.410 e. The normalized spacial score (nSPS) is 11.6. The van der Waals surface area contributed by atoms with E-state index in [4.69, 9.17) is 5.21 Å². The molecule has 98 valence electrons. The summed E-state index contributed by atoms with van der Waals surface area (Å²) in [5.41, 5.74) is 0.644. The van der Waals surface area contributed by atoms with Gasteiger partial charge in [-0.15, -0.1) is 0 Å². The predicted molar refractivity (Wildman–Crippen MR) is 70.9 cm³/mol. The van der Waals surface area contributed by atoms with Crippen LogP contribution in [0.15, 0.2) is 35.5 Å². The number of carbonyl (C=O) groups is 1. The van der Waals surface area contributed by atoms with Crippen LogP contribution in [0.2, 0.25) is 0 Å². The summed E-state index contributed by atoms with van der Waals surface area (Å²) in [4.78, 5) is 13.8. The first-order valence-electron chi connectivity index (χ1n) is 5.85. The van der Waals surface area contributed by atoms with E-state index in [1.54, 1.807) is 24.3 Å². The summed E-state index contributed by atoms with van der Waals surface area (Å²) >= 11 is 0. The molecule has 5 heteroatoms. The highest BCUT2D eigenvalue weighted by molar-refractivity contribution is 6.45. The summed E-state index contributed by atoms with van der Waals surface area (Å²) in [6.45, 7) is 1.46. The molecule has 0 saturated carbocycles. The Kier molecular flexibility index (Phi) is 5.87. The average Bonchev–Trinajstić information content (AvgIpc) is 2.36. The van der Waals surface area contributed by atoms with Gasteiger partial charge in [-0.3, -0.25) is 4.79 Å². The fourth-order valence-corrected chi connectivity index (χ4v) is 1.51. The number of hydrogen-bond acceptors (Lipinski definition) is 4. The zero-order valence-electron chi connectivity index (χ0n) is 10.8. The van der Waals surface area contributed by atoms with Gasteiger partial charge in [0.15, 0.2) is 5.71 Å². The van der Waals surface area contributed by atoms with Crippen molar-refractivity contribution in [3.05, 3.63) is 35.9 Å². The van der Waals surface area contributed by atoms with Gasteiger partial charge in [-0.05, 0) is 27.1 Å². The molecule has 0 saturated heterocycles. The first-order valence-corrected chi connectivity index (χ1v) is 5.85. The molecule has 0 bridgehead atoms. The van der Waals surface area contributed by atoms with Crippen molar-refractivity contribution in [2.45, 2.75) is 6.42 Å². The maximum atomic E-state index is 11.8. The molecule has 0 heterocycles. The average molecular weight is 249 g/mol. The van der Waals surface area contributed by atoms with Gasteiger partial charge in [-0.2, -0.15) is 0 Å². The summed E-state index contributed by atoms with van der Waals surface area (Å²) in [7, 11) is 3.96. The Labute approximate surface area is 107 Å². The van der Waals surface area contributed by atoms with E-state index in [0.29, 0.717) is 12.1 Å². The van der Waals surface area contributed by atoms with Gasteiger partial charge in [0, 0.05) is 12.1 Å². The fraction of sp³-hybridized carbons (Fsp3) is 0.385. The van der Waals surface area contributed by atoms with Gasteiger partial charge < -0.3 is 15.4 Å². The molecule has 0 aliphatic carbocycles. The summed E-state index contributed by atoms with van der Waals surface area (Å²) in [6, 6.07) is 8.88. The van der Waals surface area contributed by atoms with Crippen LogP contribution in [0.1, 0.15) is 12.0 Å². The summed E-state index contributed by atoms with van der Waals surface area (Å²) in [5.74, 6) is -0.359. The van der Waals surface area contributed by atoms with Gasteiger partial charge in [0.25, 0.3) is 5.91 Å². The highest BCUT2D eigenvalue weighted by atomic mass is 16.4. The first kappa shape index (κ1) is 14.2. The standard InChI is InChI=1S/C13H19N3O2/c1-16(2)10-6-9-14-13(17)12(15-18)11-7-4-3-5-8-11/h3-5,7-8,18H,6,9-10H2,1-2H3,(H,14,17)/b15-12+. The molecule has 0 unspecified atom stereocenters. The van der Waals surface area contributed by atoms with Crippen LogP contribution in [-0.4, -0.2) is 48.9 Å². The number of carbonyl (C=O) groups excluding carboxylic acids is 1. The van der Waals surface area contributed by atoms with Crippen molar-refractivity contribution in [1.82, 2.24) is 10.2 Å². The molecule has 2 N–H and O–H groups in total. The Balaban J connectivity index is 2.50. The molecule has 0 atom stereocenters.